The molecule has 1 rings (SSSR count). The van der Waals surface area contributed by atoms with Crippen LogP contribution in [0.5, 0.6) is 0 Å². The lowest BCUT2D eigenvalue weighted by Crippen LogP contribution is -2.30. The van der Waals surface area contributed by atoms with Gasteiger partial charge in [0.2, 0.25) is 6.33 Å². The van der Waals surface area contributed by atoms with Gasteiger partial charge in [0.25, 0.3) is 0 Å². The van der Waals surface area contributed by atoms with E-state index in [-0.39, 0.29) is 5.75 Å². The standard InChI is InChI=1S/C10H15N3O3S/c11-4-3-6-13-8-7-12(10-13)5-1-2-9-17(14,15)16/h7-8,10H,1-3,5-6,9H2. The van der Waals surface area contributed by atoms with Gasteiger partial charge < -0.3 is 4.55 Å². The van der Waals surface area contributed by atoms with Crippen LogP contribution in [0.25, 0.3) is 0 Å². The zero-order valence-corrected chi connectivity index (χ0v) is 10.3. The van der Waals surface area contributed by atoms with Crippen molar-refractivity contribution in [3.63, 3.8) is 0 Å². The first-order chi connectivity index (χ1) is 8.01. The van der Waals surface area contributed by atoms with E-state index in [1.165, 1.54) is 0 Å². The second-order valence-electron chi connectivity index (χ2n) is 3.77. The minimum atomic E-state index is -4.09. The van der Waals surface area contributed by atoms with Crippen LogP contribution in [-0.2, 0) is 23.2 Å². The lowest BCUT2D eigenvalue weighted by molar-refractivity contribution is -0.695. The molecule has 0 saturated carbocycles. The van der Waals surface area contributed by atoms with Crippen LogP contribution in [-0.4, -0.2) is 23.3 Å². The predicted octanol–water partition coefficient (Wildman–Crippen LogP) is 0.0147. The van der Waals surface area contributed by atoms with Gasteiger partial charge >= 0.3 is 0 Å². The molecule has 0 spiro atoms. The minimum Gasteiger partial charge on any atom is -0.748 e. The molecule has 7 heteroatoms. The van der Waals surface area contributed by atoms with E-state index in [1.54, 1.807) is 0 Å². The highest BCUT2D eigenvalue weighted by Crippen LogP contribution is 1.97. The van der Waals surface area contributed by atoms with Gasteiger partial charge in [0.1, 0.15) is 18.9 Å². The molecular weight excluding hydrogens is 242 g/mol. The Morgan fingerprint density at radius 2 is 2.18 bits per heavy atom. The van der Waals surface area contributed by atoms with Gasteiger partial charge in [-0.15, -0.1) is 0 Å². The first kappa shape index (κ1) is 13.7. The second kappa shape index (κ2) is 6.37. The predicted molar refractivity (Wildman–Crippen MR) is 58.7 cm³/mol. The van der Waals surface area contributed by atoms with Gasteiger partial charge in [-0.05, 0) is 12.8 Å². The molecule has 17 heavy (non-hydrogen) atoms. The molecule has 1 heterocycles. The number of imidazole rings is 1. The highest BCUT2D eigenvalue weighted by atomic mass is 32.2. The average Bonchev–Trinajstić information content (AvgIpc) is 2.68. The highest BCUT2D eigenvalue weighted by Gasteiger charge is 2.03. The Hall–Kier alpha value is -1.39. The summed E-state index contributed by atoms with van der Waals surface area (Å²) in [5.74, 6) is -0.303. The summed E-state index contributed by atoms with van der Waals surface area (Å²) in [5, 5.41) is 8.43. The van der Waals surface area contributed by atoms with Crippen LogP contribution >= 0.6 is 0 Å². The molecule has 0 aliphatic carbocycles. The van der Waals surface area contributed by atoms with E-state index in [1.807, 2.05) is 27.9 Å². The van der Waals surface area contributed by atoms with E-state index in [0.717, 1.165) is 0 Å². The quantitative estimate of drug-likeness (QED) is 0.391. The van der Waals surface area contributed by atoms with Crippen LogP contribution in [0.15, 0.2) is 18.7 Å². The SMILES string of the molecule is N#CCC[n+]1ccn(CCCCS(=O)(=O)[O-])c1. The van der Waals surface area contributed by atoms with Crippen molar-refractivity contribution in [3.8, 4) is 6.07 Å². The maximum absolute atomic E-state index is 10.4. The summed E-state index contributed by atoms with van der Waals surface area (Å²) in [7, 11) is -4.09. The van der Waals surface area contributed by atoms with E-state index >= 15 is 0 Å². The number of rotatable bonds is 7. The van der Waals surface area contributed by atoms with Crippen molar-refractivity contribution in [2.75, 3.05) is 5.75 Å². The van der Waals surface area contributed by atoms with Gasteiger partial charge in [-0.3, -0.25) is 0 Å². The molecule has 0 bridgehead atoms. The number of hydrogen-bond acceptors (Lipinski definition) is 4. The molecule has 0 aliphatic heterocycles. The highest BCUT2D eigenvalue weighted by molar-refractivity contribution is 7.85. The zero-order valence-electron chi connectivity index (χ0n) is 9.45. The van der Waals surface area contributed by atoms with Gasteiger partial charge in [-0.25, -0.2) is 17.6 Å². The Labute approximate surface area is 101 Å². The number of nitrogens with zero attached hydrogens (tertiary/aromatic N) is 3. The summed E-state index contributed by atoms with van der Waals surface area (Å²) < 4.78 is 34.9. The van der Waals surface area contributed by atoms with Gasteiger partial charge in [0, 0.05) is 5.75 Å². The Morgan fingerprint density at radius 3 is 2.82 bits per heavy atom. The van der Waals surface area contributed by atoms with E-state index in [9.17, 15) is 13.0 Å². The number of aromatic nitrogens is 2. The van der Waals surface area contributed by atoms with Crippen molar-refractivity contribution < 1.29 is 17.5 Å². The van der Waals surface area contributed by atoms with Crippen LogP contribution in [0.2, 0.25) is 0 Å². The van der Waals surface area contributed by atoms with Crippen molar-refractivity contribution >= 4 is 10.1 Å². The van der Waals surface area contributed by atoms with Gasteiger partial charge in [0.05, 0.1) is 29.2 Å². The number of hydrogen-bond donors (Lipinski definition) is 0. The lowest BCUT2D eigenvalue weighted by atomic mass is 10.3. The third kappa shape index (κ3) is 6.04. The van der Waals surface area contributed by atoms with Crippen molar-refractivity contribution in [2.24, 2.45) is 0 Å². The summed E-state index contributed by atoms with van der Waals surface area (Å²) in [6.07, 6.45) is 7.08. The Kier molecular flexibility index (Phi) is 5.12. The molecule has 0 aromatic carbocycles. The lowest BCUT2D eigenvalue weighted by Gasteiger charge is -2.04. The molecule has 0 fully saturated rings. The number of nitriles is 1. The van der Waals surface area contributed by atoms with Crippen LogP contribution in [0.1, 0.15) is 19.3 Å². The Balaban J connectivity index is 2.28. The van der Waals surface area contributed by atoms with Crippen molar-refractivity contribution in [3.05, 3.63) is 18.7 Å². The average molecular weight is 257 g/mol. The molecule has 1 aromatic heterocycles. The minimum absolute atomic E-state index is 0.303. The fraction of sp³-hybridized carbons (Fsp3) is 0.600. The van der Waals surface area contributed by atoms with Crippen LogP contribution in [0, 0.1) is 11.3 Å². The molecule has 6 nitrogen and oxygen atoms in total. The summed E-state index contributed by atoms with van der Waals surface area (Å²) in [6.45, 7) is 1.33. The maximum Gasteiger partial charge on any atom is 0.243 e. The van der Waals surface area contributed by atoms with E-state index in [2.05, 4.69) is 6.07 Å². The van der Waals surface area contributed by atoms with Gasteiger partial charge in [0.15, 0.2) is 0 Å². The monoisotopic (exact) mass is 257 g/mol. The molecule has 0 aliphatic rings. The van der Waals surface area contributed by atoms with E-state index < -0.39 is 10.1 Å². The molecule has 0 amide bonds. The van der Waals surface area contributed by atoms with Crippen molar-refractivity contribution in [1.29, 1.82) is 5.26 Å². The molecule has 0 saturated heterocycles. The van der Waals surface area contributed by atoms with E-state index in [4.69, 9.17) is 5.26 Å². The molecule has 0 atom stereocenters. The molecular formula is C10H15N3O3S. The summed E-state index contributed by atoms with van der Waals surface area (Å²) in [5.41, 5.74) is 0. The summed E-state index contributed by atoms with van der Waals surface area (Å²) in [6, 6.07) is 2.06. The number of aryl methyl sites for hydroxylation is 2. The molecule has 0 unspecified atom stereocenters. The third-order valence-electron chi connectivity index (χ3n) is 2.29. The second-order valence-corrected chi connectivity index (χ2v) is 5.29. The smallest absolute Gasteiger partial charge is 0.243 e. The maximum atomic E-state index is 10.4. The van der Waals surface area contributed by atoms with Crippen molar-refractivity contribution in [1.82, 2.24) is 4.57 Å². The Morgan fingerprint density at radius 1 is 1.41 bits per heavy atom. The molecule has 1 aromatic rings. The molecule has 94 valence electrons. The molecule has 0 radical (unpaired) electrons. The third-order valence-corrected chi connectivity index (χ3v) is 3.08. The largest absolute Gasteiger partial charge is 0.748 e. The fourth-order valence-corrected chi connectivity index (χ4v) is 2.01. The van der Waals surface area contributed by atoms with Gasteiger partial charge in [-0.2, -0.15) is 5.26 Å². The fourth-order valence-electron chi connectivity index (χ4n) is 1.46. The summed E-state index contributed by atoms with van der Waals surface area (Å²) in [4.78, 5) is 0. The van der Waals surface area contributed by atoms with Gasteiger partial charge in [-0.1, -0.05) is 0 Å². The first-order valence-corrected chi connectivity index (χ1v) is 6.94. The zero-order chi connectivity index (χ0) is 12.7. The van der Waals surface area contributed by atoms with Crippen molar-refractivity contribution in [2.45, 2.75) is 32.4 Å². The normalized spacial score (nSPS) is 11.3. The number of unbranched alkanes of at least 4 members (excludes halogenated alkanes) is 1. The Bertz CT molecular complexity index is 487. The molecule has 0 N–H and O–H groups in total. The summed E-state index contributed by atoms with van der Waals surface area (Å²) >= 11 is 0. The van der Waals surface area contributed by atoms with Crippen LogP contribution in [0.4, 0.5) is 0 Å². The van der Waals surface area contributed by atoms with Crippen LogP contribution < -0.4 is 4.57 Å². The van der Waals surface area contributed by atoms with Crippen LogP contribution in [0.3, 0.4) is 0 Å². The topological polar surface area (TPSA) is 89.8 Å². The first-order valence-electron chi connectivity index (χ1n) is 5.36. The van der Waals surface area contributed by atoms with E-state index in [0.29, 0.717) is 32.4 Å².